The van der Waals surface area contributed by atoms with Crippen LogP contribution in [-0.2, 0) is 11.2 Å². The SMILES string of the molecule is Cc1csc(CC(N)C(C)(C)N2CCOCC2)n1. The molecule has 4 nitrogen and oxygen atoms in total. The van der Waals surface area contributed by atoms with Gasteiger partial charge in [-0.2, -0.15) is 0 Å². The number of nitrogens with two attached hydrogens (primary N) is 1. The van der Waals surface area contributed by atoms with Crippen LogP contribution < -0.4 is 5.73 Å². The van der Waals surface area contributed by atoms with Crippen LogP contribution in [0.4, 0.5) is 0 Å². The van der Waals surface area contributed by atoms with Crippen molar-refractivity contribution in [2.45, 2.75) is 38.8 Å². The first-order chi connectivity index (χ1) is 8.50. The molecule has 2 rings (SSSR count). The van der Waals surface area contributed by atoms with Crippen molar-refractivity contribution in [1.82, 2.24) is 9.88 Å². The molecule has 1 aromatic heterocycles. The summed E-state index contributed by atoms with van der Waals surface area (Å²) >= 11 is 1.71. The molecule has 1 aromatic rings. The standard InChI is InChI=1S/C13H23N3OS/c1-10-9-18-12(15-10)8-11(14)13(2,3)16-4-6-17-7-5-16/h9,11H,4-8,14H2,1-3H3. The fraction of sp³-hybridized carbons (Fsp3) is 0.769. The van der Waals surface area contributed by atoms with E-state index in [-0.39, 0.29) is 11.6 Å². The second-order valence-corrected chi connectivity index (χ2v) is 6.39. The van der Waals surface area contributed by atoms with Gasteiger partial charge in [0, 0.05) is 42.2 Å². The Morgan fingerprint density at radius 2 is 2.17 bits per heavy atom. The Morgan fingerprint density at radius 3 is 2.72 bits per heavy atom. The predicted molar refractivity (Wildman–Crippen MR) is 75.0 cm³/mol. The van der Waals surface area contributed by atoms with Crippen LogP contribution in [-0.4, -0.2) is 47.8 Å². The normalized spacial score (nSPS) is 20.0. The van der Waals surface area contributed by atoms with Gasteiger partial charge < -0.3 is 10.5 Å². The van der Waals surface area contributed by atoms with E-state index in [1.807, 2.05) is 6.92 Å². The highest BCUT2D eigenvalue weighted by Crippen LogP contribution is 2.23. The Kier molecular flexibility index (Phi) is 4.37. The summed E-state index contributed by atoms with van der Waals surface area (Å²) in [6, 6.07) is 0.0983. The van der Waals surface area contributed by atoms with Gasteiger partial charge in [0.2, 0.25) is 0 Å². The molecule has 1 aliphatic heterocycles. The number of nitrogens with zero attached hydrogens (tertiary/aromatic N) is 2. The summed E-state index contributed by atoms with van der Waals surface area (Å²) in [5, 5.41) is 3.23. The number of morpholine rings is 1. The lowest BCUT2D eigenvalue weighted by Crippen LogP contribution is -2.59. The average Bonchev–Trinajstić information content (AvgIpc) is 2.76. The Hall–Kier alpha value is -0.490. The van der Waals surface area contributed by atoms with Crippen LogP contribution in [0.25, 0.3) is 0 Å². The third-order valence-electron chi connectivity index (χ3n) is 3.79. The maximum Gasteiger partial charge on any atom is 0.0944 e. The Morgan fingerprint density at radius 1 is 1.50 bits per heavy atom. The fourth-order valence-corrected chi connectivity index (χ4v) is 3.14. The molecule has 0 radical (unpaired) electrons. The minimum absolute atomic E-state index is 0.0106. The average molecular weight is 269 g/mol. The quantitative estimate of drug-likeness (QED) is 0.898. The molecule has 1 fully saturated rings. The third-order valence-corrected chi connectivity index (χ3v) is 4.78. The highest BCUT2D eigenvalue weighted by atomic mass is 32.1. The molecule has 18 heavy (non-hydrogen) atoms. The van der Waals surface area contributed by atoms with E-state index in [9.17, 15) is 0 Å². The van der Waals surface area contributed by atoms with Crippen LogP contribution in [0.3, 0.4) is 0 Å². The van der Waals surface area contributed by atoms with Gasteiger partial charge >= 0.3 is 0 Å². The molecule has 0 aliphatic carbocycles. The molecule has 1 atom stereocenters. The highest BCUT2D eigenvalue weighted by Gasteiger charge is 2.34. The second-order valence-electron chi connectivity index (χ2n) is 5.45. The zero-order chi connectivity index (χ0) is 13.2. The summed E-state index contributed by atoms with van der Waals surface area (Å²) < 4.78 is 5.40. The minimum Gasteiger partial charge on any atom is -0.379 e. The molecule has 102 valence electrons. The molecular weight excluding hydrogens is 246 g/mol. The summed E-state index contributed by atoms with van der Waals surface area (Å²) in [5.41, 5.74) is 7.49. The van der Waals surface area contributed by atoms with Gasteiger partial charge in [-0.3, -0.25) is 4.90 Å². The van der Waals surface area contributed by atoms with Crippen molar-refractivity contribution in [1.29, 1.82) is 0 Å². The molecule has 2 heterocycles. The third kappa shape index (κ3) is 3.09. The first-order valence-electron chi connectivity index (χ1n) is 6.49. The van der Waals surface area contributed by atoms with Gasteiger partial charge in [0.05, 0.1) is 18.2 Å². The van der Waals surface area contributed by atoms with Gasteiger partial charge in [-0.1, -0.05) is 0 Å². The van der Waals surface area contributed by atoms with E-state index in [1.165, 1.54) is 0 Å². The number of aryl methyl sites for hydroxylation is 1. The molecule has 0 saturated carbocycles. The molecule has 1 unspecified atom stereocenters. The number of ether oxygens (including phenoxy) is 1. The molecule has 1 aliphatic rings. The second kappa shape index (κ2) is 5.65. The first kappa shape index (κ1) is 13.9. The fourth-order valence-electron chi connectivity index (χ4n) is 2.31. The van der Waals surface area contributed by atoms with Crippen molar-refractivity contribution in [3.63, 3.8) is 0 Å². The summed E-state index contributed by atoms with van der Waals surface area (Å²) in [4.78, 5) is 6.94. The maximum absolute atomic E-state index is 6.41. The van der Waals surface area contributed by atoms with Gasteiger partial charge in [0.1, 0.15) is 0 Å². The van der Waals surface area contributed by atoms with E-state index in [1.54, 1.807) is 11.3 Å². The number of hydrogen-bond acceptors (Lipinski definition) is 5. The van der Waals surface area contributed by atoms with E-state index in [0.717, 1.165) is 43.4 Å². The molecule has 0 bridgehead atoms. The van der Waals surface area contributed by atoms with Gasteiger partial charge in [0.15, 0.2) is 0 Å². The van der Waals surface area contributed by atoms with Crippen molar-refractivity contribution >= 4 is 11.3 Å². The zero-order valence-corrected chi connectivity index (χ0v) is 12.3. The minimum atomic E-state index is -0.0106. The lowest BCUT2D eigenvalue weighted by molar-refractivity contribution is -0.0186. The summed E-state index contributed by atoms with van der Waals surface area (Å²) in [7, 11) is 0. The van der Waals surface area contributed by atoms with Crippen LogP contribution in [0.1, 0.15) is 24.5 Å². The Bertz CT molecular complexity index is 385. The van der Waals surface area contributed by atoms with E-state index in [0.29, 0.717) is 0 Å². The lowest BCUT2D eigenvalue weighted by Gasteiger charge is -2.44. The van der Waals surface area contributed by atoms with Crippen molar-refractivity contribution in [3.05, 3.63) is 16.1 Å². The monoisotopic (exact) mass is 269 g/mol. The van der Waals surface area contributed by atoms with Crippen molar-refractivity contribution < 1.29 is 4.74 Å². The summed E-state index contributed by atoms with van der Waals surface area (Å²) in [6.45, 7) is 10.0. The topological polar surface area (TPSA) is 51.4 Å². The lowest BCUT2D eigenvalue weighted by atomic mass is 9.90. The molecule has 0 spiro atoms. The predicted octanol–water partition coefficient (Wildman–Crippen LogP) is 1.43. The van der Waals surface area contributed by atoms with Gasteiger partial charge in [0.25, 0.3) is 0 Å². The van der Waals surface area contributed by atoms with E-state index < -0.39 is 0 Å². The molecule has 0 aromatic carbocycles. The molecule has 0 amide bonds. The first-order valence-corrected chi connectivity index (χ1v) is 7.37. The molecular formula is C13H23N3OS. The van der Waals surface area contributed by atoms with Crippen LogP contribution in [0.2, 0.25) is 0 Å². The maximum atomic E-state index is 6.41. The largest absolute Gasteiger partial charge is 0.379 e. The van der Waals surface area contributed by atoms with Crippen LogP contribution in [0, 0.1) is 6.92 Å². The molecule has 1 saturated heterocycles. The Balaban J connectivity index is 1.99. The molecule has 2 N–H and O–H groups in total. The smallest absolute Gasteiger partial charge is 0.0944 e. The van der Waals surface area contributed by atoms with Crippen LogP contribution in [0.15, 0.2) is 5.38 Å². The number of rotatable bonds is 4. The number of aromatic nitrogens is 1. The van der Waals surface area contributed by atoms with Crippen LogP contribution in [0.5, 0.6) is 0 Å². The Labute approximate surface area is 113 Å². The van der Waals surface area contributed by atoms with Gasteiger partial charge in [-0.05, 0) is 20.8 Å². The molecule has 5 heteroatoms. The number of thiazole rings is 1. The summed E-state index contributed by atoms with van der Waals surface area (Å²) in [6.07, 6.45) is 0.850. The van der Waals surface area contributed by atoms with Gasteiger partial charge in [-0.15, -0.1) is 11.3 Å². The highest BCUT2D eigenvalue weighted by molar-refractivity contribution is 7.09. The van der Waals surface area contributed by atoms with E-state index in [4.69, 9.17) is 10.5 Å². The van der Waals surface area contributed by atoms with Crippen LogP contribution >= 0.6 is 11.3 Å². The van der Waals surface area contributed by atoms with Crippen molar-refractivity contribution in [3.8, 4) is 0 Å². The van der Waals surface area contributed by atoms with Crippen molar-refractivity contribution in [2.75, 3.05) is 26.3 Å². The zero-order valence-electron chi connectivity index (χ0n) is 11.5. The summed E-state index contributed by atoms with van der Waals surface area (Å²) in [5.74, 6) is 0. The van der Waals surface area contributed by atoms with Crippen molar-refractivity contribution in [2.24, 2.45) is 5.73 Å². The number of hydrogen-bond donors (Lipinski definition) is 1. The van der Waals surface area contributed by atoms with E-state index >= 15 is 0 Å². The van der Waals surface area contributed by atoms with E-state index in [2.05, 4.69) is 29.1 Å². The van der Waals surface area contributed by atoms with Gasteiger partial charge in [-0.25, -0.2) is 4.98 Å².